The first-order valence-electron chi connectivity index (χ1n) is 9.87. The molecule has 12 heteroatoms. The van der Waals surface area contributed by atoms with Crippen molar-refractivity contribution >= 4 is 29.0 Å². The monoisotopic (exact) mass is 469 g/mol. The smallest absolute Gasteiger partial charge is 0.390 e. The van der Waals surface area contributed by atoms with Crippen molar-refractivity contribution in [1.82, 2.24) is 9.97 Å². The van der Waals surface area contributed by atoms with Gasteiger partial charge in [-0.15, -0.1) is 0 Å². The van der Waals surface area contributed by atoms with E-state index in [2.05, 4.69) is 20.6 Å². The number of nitrogens with two attached hydrogens (primary N) is 1. The summed E-state index contributed by atoms with van der Waals surface area (Å²) in [5.74, 6) is -0.483. The van der Waals surface area contributed by atoms with Crippen molar-refractivity contribution in [2.24, 2.45) is 11.7 Å². The van der Waals surface area contributed by atoms with E-state index in [9.17, 15) is 28.5 Å². The first-order chi connectivity index (χ1) is 14.9. The summed E-state index contributed by atoms with van der Waals surface area (Å²) < 4.78 is 39.8. The molecule has 0 amide bonds. The van der Waals surface area contributed by atoms with Crippen molar-refractivity contribution in [3.63, 3.8) is 0 Å². The van der Waals surface area contributed by atoms with Gasteiger partial charge in [0.05, 0.1) is 22.9 Å². The number of hydrogen-bond donors (Lipinski definition) is 6. The SMILES string of the molecule is Cc1nc(NCc2ccccc2C(F)(F)F)nc(NC2(O)CCC3C(O)C32O)c1C(N)=S. The summed E-state index contributed by atoms with van der Waals surface area (Å²) in [5, 5.41) is 37.1. The maximum absolute atomic E-state index is 13.3. The fourth-order valence-electron chi connectivity index (χ4n) is 4.44. The van der Waals surface area contributed by atoms with E-state index in [-0.39, 0.29) is 40.8 Å². The maximum Gasteiger partial charge on any atom is 0.416 e. The number of hydrogen-bond acceptors (Lipinski definition) is 8. The summed E-state index contributed by atoms with van der Waals surface area (Å²) >= 11 is 5.07. The molecule has 1 aromatic heterocycles. The number of aliphatic hydroxyl groups is 3. The van der Waals surface area contributed by atoms with Crippen molar-refractivity contribution in [3.05, 3.63) is 46.6 Å². The molecule has 32 heavy (non-hydrogen) atoms. The van der Waals surface area contributed by atoms with E-state index in [0.29, 0.717) is 12.1 Å². The Morgan fingerprint density at radius 3 is 2.56 bits per heavy atom. The average molecular weight is 469 g/mol. The number of nitrogens with one attached hydrogen (secondary N) is 2. The molecular weight excluding hydrogens is 447 g/mol. The van der Waals surface area contributed by atoms with Crippen LogP contribution < -0.4 is 16.4 Å². The summed E-state index contributed by atoms with van der Waals surface area (Å²) in [6.45, 7) is 1.37. The van der Waals surface area contributed by atoms with Gasteiger partial charge < -0.3 is 31.7 Å². The molecular formula is C20H22F3N5O3S. The van der Waals surface area contributed by atoms with Crippen molar-refractivity contribution in [1.29, 1.82) is 0 Å². The molecule has 4 unspecified atom stereocenters. The van der Waals surface area contributed by atoms with Crippen LogP contribution in [0.5, 0.6) is 0 Å². The van der Waals surface area contributed by atoms with Crippen molar-refractivity contribution in [2.45, 2.75) is 49.9 Å². The predicted molar refractivity (Wildman–Crippen MR) is 114 cm³/mol. The largest absolute Gasteiger partial charge is 0.416 e. The van der Waals surface area contributed by atoms with Crippen LogP contribution in [0.15, 0.2) is 24.3 Å². The second-order valence-electron chi connectivity index (χ2n) is 8.13. The predicted octanol–water partition coefficient (Wildman–Crippen LogP) is 1.67. The van der Waals surface area contributed by atoms with Crippen LogP contribution in [0.4, 0.5) is 24.9 Å². The number of thiocarbonyl (C=S) groups is 1. The maximum atomic E-state index is 13.3. The normalized spacial score (nSPS) is 28.8. The number of alkyl halides is 3. The average Bonchev–Trinajstić information content (AvgIpc) is 3.12. The van der Waals surface area contributed by atoms with Gasteiger partial charge in [0, 0.05) is 12.5 Å². The fourth-order valence-corrected chi connectivity index (χ4v) is 4.68. The molecule has 8 nitrogen and oxygen atoms in total. The van der Waals surface area contributed by atoms with Crippen molar-refractivity contribution < 1.29 is 28.5 Å². The van der Waals surface area contributed by atoms with Gasteiger partial charge in [0.25, 0.3) is 0 Å². The molecule has 0 bridgehead atoms. The lowest BCUT2D eigenvalue weighted by molar-refractivity contribution is -0.138. The molecule has 0 saturated heterocycles. The summed E-state index contributed by atoms with van der Waals surface area (Å²) in [7, 11) is 0. The van der Waals surface area contributed by atoms with Crippen LogP contribution >= 0.6 is 12.2 Å². The Hall–Kier alpha value is -2.54. The molecule has 0 radical (unpaired) electrons. The summed E-state index contributed by atoms with van der Waals surface area (Å²) in [4.78, 5) is 8.39. The standard InChI is InChI=1S/C20H22F3N5O3S/c1-9-13(15(24)32)16(28-18(30)7-6-12-14(29)19(12,18)31)27-17(26-9)25-8-10-4-2-3-5-11(10)20(21,22)23/h2-5,12,14,29-31H,6-8H2,1H3,(H2,24,32)(H2,25,26,27,28). The van der Waals surface area contributed by atoms with Gasteiger partial charge >= 0.3 is 6.18 Å². The number of halogens is 3. The minimum atomic E-state index is -4.51. The van der Waals surface area contributed by atoms with Gasteiger partial charge in [-0.05, 0) is 31.4 Å². The van der Waals surface area contributed by atoms with Gasteiger partial charge in [0.1, 0.15) is 16.4 Å². The fraction of sp³-hybridized carbons (Fsp3) is 0.450. The quantitative estimate of drug-likeness (QED) is 0.276. The second kappa shape index (κ2) is 7.51. The Kier molecular flexibility index (Phi) is 5.31. The molecule has 2 aliphatic rings. The van der Waals surface area contributed by atoms with Crippen molar-refractivity contribution in [2.75, 3.05) is 10.6 Å². The van der Waals surface area contributed by atoms with Crippen LogP contribution in [-0.4, -0.2) is 47.7 Å². The van der Waals surface area contributed by atoms with Gasteiger partial charge in [0.15, 0.2) is 5.72 Å². The Labute approximate surface area is 186 Å². The molecule has 0 aliphatic heterocycles. The van der Waals surface area contributed by atoms with Gasteiger partial charge in [-0.2, -0.15) is 18.2 Å². The summed E-state index contributed by atoms with van der Waals surface area (Å²) in [6.07, 6.45) is -5.05. The third kappa shape index (κ3) is 3.56. The van der Waals surface area contributed by atoms with E-state index in [1.807, 2.05) is 0 Å². The molecule has 2 aliphatic carbocycles. The number of nitrogens with zero attached hydrogens (tertiary/aromatic N) is 2. The van der Waals surface area contributed by atoms with E-state index in [1.54, 1.807) is 6.92 Å². The highest BCUT2D eigenvalue weighted by molar-refractivity contribution is 7.80. The van der Waals surface area contributed by atoms with Crippen LogP contribution in [0, 0.1) is 12.8 Å². The number of benzene rings is 1. The molecule has 7 N–H and O–H groups in total. The van der Waals surface area contributed by atoms with Gasteiger partial charge in [-0.25, -0.2) is 4.98 Å². The lowest BCUT2D eigenvalue weighted by Crippen LogP contribution is -2.52. The van der Waals surface area contributed by atoms with Crippen LogP contribution in [0.1, 0.15) is 35.2 Å². The third-order valence-electron chi connectivity index (χ3n) is 6.19. The Morgan fingerprint density at radius 1 is 1.28 bits per heavy atom. The molecule has 1 heterocycles. The number of aromatic nitrogens is 2. The van der Waals surface area contributed by atoms with E-state index >= 15 is 0 Å². The van der Waals surface area contributed by atoms with Gasteiger partial charge in [-0.1, -0.05) is 30.4 Å². The van der Waals surface area contributed by atoms with Gasteiger partial charge in [-0.3, -0.25) is 0 Å². The van der Waals surface area contributed by atoms with Gasteiger partial charge in [0.2, 0.25) is 5.95 Å². The molecule has 2 aromatic rings. The highest BCUT2D eigenvalue weighted by Crippen LogP contribution is 2.60. The van der Waals surface area contributed by atoms with Crippen LogP contribution in [0.2, 0.25) is 0 Å². The zero-order valence-corrected chi connectivity index (χ0v) is 17.8. The first kappa shape index (κ1) is 22.6. The van der Waals surface area contributed by atoms with E-state index < -0.39 is 35.1 Å². The number of rotatable bonds is 6. The third-order valence-corrected chi connectivity index (χ3v) is 6.39. The zero-order valence-electron chi connectivity index (χ0n) is 16.9. The number of aryl methyl sites for hydroxylation is 1. The van der Waals surface area contributed by atoms with Crippen LogP contribution in [-0.2, 0) is 12.7 Å². The Morgan fingerprint density at radius 2 is 1.97 bits per heavy atom. The van der Waals surface area contributed by atoms with Crippen LogP contribution in [0.25, 0.3) is 0 Å². The van der Waals surface area contributed by atoms with E-state index in [4.69, 9.17) is 18.0 Å². The molecule has 1 aromatic carbocycles. The Balaban J connectivity index is 1.63. The molecule has 2 saturated carbocycles. The number of aliphatic hydroxyl groups excluding tert-OH is 1. The Bertz CT molecular complexity index is 1080. The zero-order chi connectivity index (χ0) is 23.5. The summed E-state index contributed by atoms with van der Waals surface area (Å²) in [5.41, 5.74) is 1.94. The van der Waals surface area contributed by atoms with Crippen molar-refractivity contribution in [3.8, 4) is 0 Å². The topological polar surface area (TPSA) is 137 Å². The molecule has 2 fully saturated rings. The molecule has 0 spiro atoms. The van der Waals surface area contributed by atoms with Crippen LogP contribution in [0.3, 0.4) is 0 Å². The lowest BCUT2D eigenvalue weighted by Gasteiger charge is -2.33. The first-order valence-corrected chi connectivity index (χ1v) is 10.3. The van der Waals surface area contributed by atoms with E-state index in [0.717, 1.165) is 6.07 Å². The number of anilines is 2. The minimum Gasteiger partial charge on any atom is -0.390 e. The highest BCUT2D eigenvalue weighted by atomic mass is 32.1. The molecule has 4 atom stereocenters. The minimum absolute atomic E-state index is 0.00172. The number of fused-ring (bicyclic) bond motifs is 1. The van der Waals surface area contributed by atoms with E-state index in [1.165, 1.54) is 18.2 Å². The lowest BCUT2D eigenvalue weighted by atomic mass is 10.0. The molecule has 172 valence electrons. The summed E-state index contributed by atoms with van der Waals surface area (Å²) in [6, 6.07) is 5.13. The highest BCUT2D eigenvalue weighted by Gasteiger charge is 2.78. The molecule has 4 rings (SSSR count). The second-order valence-corrected chi connectivity index (χ2v) is 8.57.